The summed E-state index contributed by atoms with van der Waals surface area (Å²) < 4.78 is 50.0. The van der Waals surface area contributed by atoms with Gasteiger partial charge in [-0.25, -0.2) is 4.39 Å². The highest BCUT2D eigenvalue weighted by molar-refractivity contribution is 6.31. The molecule has 0 aliphatic carbocycles. The van der Waals surface area contributed by atoms with Crippen LogP contribution in [0.25, 0.3) is 0 Å². The van der Waals surface area contributed by atoms with Gasteiger partial charge in [0.15, 0.2) is 0 Å². The zero-order valence-electron chi connectivity index (χ0n) is 7.61. The molecule has 0 bridgehead atoms. The van der Waals surface area contributed by atoms with Crippen molar-refractivity contribution in [1.82, 2.24) is 0 Å². The third kappa shape index (κ3) is 2.85. The third-order valence-electron chi connectivity index (χ3n) is 1.75. The Bertz CT molecular complexity index is 428. The van der Waals surface area contributed by atoms with Crippen LogP contribution < -0.4 is 0 Å². The lowest BCUT2D eigenvalue weighted by molar-refractivity contribution is -0.138. The number of aliphatic carboxylic acids is 1. The van der Waals surface area contributed by atoms with E-state index in [1.54, 1.807) is 0 Å². The second-order valence-corrected chi connectivity index (χ2v) is 3.39. The number of carboxylic acid groups (broad SMARTS) is 1. The second kappa shape index (κ2) is 4.29. The maximum Gasteiger partial charge on any atom is 0.417 e. The van der Waals surface area contributed by atoms with Crippen LogP contribution in [0.15, 0.2) is 12.1 Å². The van der Waals surface area contributed by atoms with Gasteiger partial charge in [-0.2, -0.15) is 13.2 Å². The van der Waals surface area contributed by atoms with E-state index in [9.17, 15) is 22.4 Å². The summed E-state index contributed by atoms with van der Waals surface area (Å²) in [6.45, 7) is 0. The van der Waals surface area contributed by atoms with Gasteiger partial charge in [0.05, 0.1) is 17.0 Å². The van der Waals surface area contributed by atoms with E-state index in [4.69, 9.17) is 16.7 Å². The maximum absolute atomic E-state index is 13.0. The van der Waals surface area contributed by atoms with Crippen LogP contribution in [-0.2, 0) is 17.4 Å². The second-order valence-electron chi connectivity index (χ2n) is 3.01. The fraction of sp³-hybridized carbons (Fsp3) is 0.222. The van der Waals surface area contributed by atoms with Crippen molar-refractivity contribution in [1.29, 1.82) is 0 Å². The maximum atomic E-state index is 13.0. The number of halogens is 5. The molecule has 0 saturated heterocycles. The van der Waals surface area contributed by atoms with Gasteiger partial charge in [0.2, 0.25) is 0 Å². The van der Waals surface area contributed by atoms with E-state index < -0.39 is 35.0 Å². The minimum Gasteiger partial charge on any atom is -0.481 e. The van der Waals surface area contributed by atoms with Gasteiger partial charge in [0.1, 0.15) is 5.82 Å². The van der Waals surface area contributed by atoms with Gasteiger partial charge >= 0.3 is 12.1 Å². The SMILES string of the molecule is O=C(O)Cc1cc(F)c(Cl)c(C(F)(F)F)c1. The van der Waals surface area contributed by atoms with Crippen LogP contribution >= 0.6 is 11.6 Å². The van der Waals surface area contributed by atoms with Gasteiger partial charge < -0.3 is 5.11 Å². The lowest BCUT2D eigenvalue weighted by atomic mass is 10.1. The van der Waals surface area contributed by atoms with Crippen molar-refractivity contribution in [3.63, 3.8) is 0 Å². The molecule has 0 fully saturated rings. The number of alkyl halides is 3. The topological polar surface area (TPSA) is 37.3 Å². The van der Waals surface area contributed by atoms with Crippen molar-refractivity contribution < 1.29 is 27.5 Å². The summed E-state index contributed by atoms with van der Waals surface area (Å²) in [5.74, 6) is -2.64. The molecule has 88 valence electrons. The van der Waals surface area contributed by atoms with E-state index in [0.717, 1.165) is 0 Å². The molecule has 0 aliphatic heterocycles. The Hall–Kier alpha value is -1.30. The third-order valence-corrected chi connectivity index (χ3v) is 2.13. The molecule has 0 spiro atoms. The standard InChI is InChI=1S/C9H5ClF4O2/c10-8-5(9(12,13)14)1-4(2-6(8)11)3-7(15)16/h1-2H,3H2,(H,15,16). The molecule has 16 heavy (non-hydrogen) atoms. The van der Waals surface area contributed by atoms with Crippen LogP contribution in [0.1, 0.15) is 11.1 Å². The zero-order valence-corrected chi connectivity index (χ0v) is 8.36. The molecular weight excluding hydrogens is 252 g/mol. The molecule has 1 rings (SSSR count). The van der Waals surface area contributed by atoms with Crippen LogP contribution in [0, 0.1) is 5.82 Å². The molecule has 0 amide bonds. The molecule has 0 unspecified atom stereocenters. The Kier molecular flexibility index (Phi) is 3.42. The number of rotatable bonds is 2. The van der Waals surface area contributed by atoms with Crippen molar-refractivity contribution in [3.8, 4) is 0 Å². The highest BCUT2D eigenvalue weighted by Gasteiger charge is 2.35. The van der Waals surface area contributed by atoms with Crippen LogP contribution in [0.5, 0.6) is 0 Å². The average Bonchev–Trinajstić information content (AvgIpc) is 2.08. The Morgan fingerprint density at radius 2 is 1.94 bits per heavy atom. The van der Waals surface area contributed by atoms with Crippen LogP contribution in [0.3, 0.4) is 0 Å². The first-order valence-corrected chi connectivity index (χ1v) is 4.36. The predicted molar refractivity (Wildman–Crippen MR) is 47.8 cm³/mol. The molecule has 0 saturated carbocycles. The van der Waals surface area contributed by atoms with Crippen LogP contribution in [0.4, 0.5) is 17.6 Å². The lowest BCUT2D eigenvalue weighted by Gasteiger charge is -2.11. The Labute approximate surface area is 92.4 Å². The largest absolute Gasteiger partial charge is 0.481 e. The minimum atomic E-state index is -4.81. The van der Waals surface area contributed by atoms with Gasteiger partial charge in [-0.05, 0) is 17.7 Å². The molecule has 0 atom stereocenters. The molecule has 0 radical (unpaired) electrons. The van der Waals surface area contributed by atoms with Crippen molar-refractivity contribution in [2.24, 2.45) is 0 Å². The van der Waals surface area contributed by atoms with Gasteiger partial charge in [-0.1, -0.05) is 11.6 Å². The summed E-state index contributed by atoms with van der Waals surface area (Å²) >= 11 is 5.14. The first-order chi connectivity index (χ1) is 7.21. The molecule has 1 aromatic carbocycles. The van der Waals surface area contributed by atoms with Crippen LogP contribution in [-0.4, -0.2) is 11.1 Å². The van der Waals surface area contributed by atoms with Gasteiger partial charge in [0.25, 0.3) is 0 Å². The normalized spacial score (nSPS) is 11.6. The summed E-state index contributed by atoms with van der Waals surface area (Å²) in [4.78, 5) is 10.3. The molecule has 1 N–H and O–H groups in total. The van der Waals surface area contributed by atoms with Crippen molar-refractivity contribution >= 4 is 17.6 Å². The Balaban J connectivity index is 3.28. The van der Waals surface area contributed by atoms with E-state index >= 15 is 0 Å². The number of carboxylic acids is 1. The van der Waals surface area contributed by atoms with E-state index in [2.05, 4.69) is 0 Å². The van der Waals surface area contributed by atoms with E-state index in [0.29, 0.717) is 12.1 Å². The number of benzene rings is 1. The zero-order chi connectivity index (χ0) is 12.5. The fourth-order valence-electron chi connectivity index (χ4n) is 1.13. The number of hydrogen-bond acceptors (Lipinski definition) is 1. The van der Waals surface area contributed by atoms with E-state index in [-0.39, 0.29) is 5.56 Å². The smallest absolute Gasteiger partial charge is 0.417 e. The van der Waals surface area contributed by atoms with Gasteiger partial charge in [-0.15, -0.1) is 0 Å². The summed E-state index contributed by atoms with van der Waals surface area (Å²) in [6.07, 6.45) is -5.51. The molecule has 2 nitrogen and oxygen atoms in total. The summed E-state index contributed by atoms with van der Waals surface area (Å²) in [7, 11) is 0. The van der Waals surface area contributed by atoms with Crippen LogP contribution in [0.2, 0.25) is 5.02 Å². The lowest BCUT2D eigenvalue weighted by Crippen LogP contribution is -2.09. The molecular formula is C9H5ClF4O2. The van der Waals surface area contributed by atoms with Crippen molar-refractivity contribution in [2.75, 3.05) is 0 Å². The predicted octanol–water partition coefficient (Wildman–Crippen LogP) is 3.13. The monoisotopic (exact) mass is 256 g/mol. The molecule has 0 aliphatic rings. The highest BCUT2D eigenvalue weighted by atomic mass is 35.5. The summed E-state index contributed by atoms with van der Waals surface area (Å²) in [5.41, 5.74) is -1.66. The average molecular weight is 257 g/mol. The van der Waals surface area contributed by atoms with E-state index in [1.807, 2.05) is 0 Å². The summed E-state index contributed by atoms with van der Waals surface area (Å²) in [6, 6.07) is 1.20. The molecule has 1 aromatic rings. The Morgan fingerprint density at radius 3 is 2.38 bits per heavy atom. The highest BCUT2D eigenvalue weighted by Crippen LogP contribution is 2.36. The van der Waals surface area contributed by atoms with Crippen molar-refractivity contribution in [3.05, 3.63) is 34.1 Å². The first kappa shape index (κ1) is 12.8. The van der Waals surface area contributed by atoms with Gasteiger partial charge in [-0.3, -0.25) is 4.79 Å². The fourth-order valence-corrected chi connectivity index (χ4v) is 1.34. The summed E-state index contributed by atoms with van der Waals surface area (Å²) in [5, 5.41) is 7.33. The molecule has 0 aromatic heterocycles. The Morgan fingerprint density at radius 1 is 1.38 bits per heavy atom. The number of carbonyl (C=O) groups is 1. The molecule has 7 heteroatoms. The quantitative estimate of drug-likeness (QED) is 0.826. The van der Waals surface area contributed by atoms with Gasteiger partial charge in [0, 0.05) is 0 Å². The number of hydrogen-bond donors (Lipinski definition) is 1. The first-order valence-electron chi connectivity index (χ1n) is 3.98. The van der Waals surface area contributed by atoms with Crippen molar-refractivity contribution in [2.45, 2.75) is 12.6 Å². The molecule has 0 heterocycles. The minimum absolute atomic E-state index is 0.290. The van der Waals surface area contributed by atoms with E-state index in [1.165, 1.54) is 0 Å².